The lowest BCUT2D eigenvalue weighted by atomic mass is 9.74. The summed E-state index contributed by atoms with van der Waals surface area (Å²) in [4.78, 5) is 4.49. The van der Waals surface area contributed by atoms with Crippen LogP contribution in [0.25, 0.3) is 0 Å². The molecule has 3 atom stereocenters. The zero-order chi connectivity index (χ0) is 14.7. The topological polar surface area (TPSA) is 33.1 Å². The molecule has 1 aromatic heterocycles. The number of nitrogens with zero attached hydrogens (tertiary/aromatic N) is 1. The predicted octanol–water partition coefficient (Wildman–Crippen LogP) is 3.88. The van der Waals surface area contributed by atoms with Crippen LogP contribution in [-0.4, -0.2) is 16.2 Å². The number of aryl methyl sites for hydroxylation is 1. The van der Waals surface area contributed by atoms with E-state index in [4.69, 9.17) is 0 Å². The summed E-state index contributed by atoms with van der Waals surface area (Å²) in [7, 11) is 0. The van der Waals surface area contributed by atoms with E-state index in [1.54, 1.807) is 0 Å². The van der Waals surface area contributed by atoms with Crippen LogP contribution in [0.2, 0.25) is 0 Å². The normalized spacial score (nSPS) is 25.7. The first-order valence-corrected chi connectivity index (χ1v) is 7.87. The minimum absolute atomic E-state index is 0.189. The molecule has 21 heavy (non-hydrogen) atoms. The summed E-state index contributed by atoms with van der Waals surface area (Å²) in [5, 5.41) is 10.4. The zero-order valence-electron chi connectivity index (χ0n) is 12.6. The van der Waals surface area contributed by atoms with Gasteiger partial charge in [-0.05, 0) is 61.6 Å². The van der Waals surface area contributed by atoms with E-state index in [-0.39, 0.29) is 6.10 Å². The quantitative estimate of drug-likeness (QED) is 0.926. The van der Waals surface area contributed by atoms with Crippen molar-refractivity contribution in [3.63, 3.8) is 0 Å². The highest BCUT2D eigenvalue weighted by molar-refractivity contribution is 5.22. The van der Waals surface area contributed by atoms with E-state index in [9.17, 15) is 5.11 Å². The molecule has 1 heterocycles. The van der Waals surface area contributed by atoms with Gasteiger partial charge in [0.05, 0.1) is 6.10 Å². The SMILES string of the molecule is Cc1cccnc1CC1CC(c2ccccc2)CCC1O. The molecular weight excluding hydrogens is 258 g/mol. The van der Waals surface area contributed by atoms with E-state index >= 15 is 0 Å². The third-order valence-corrected chi connectivity index (χ3v) is 4.79. The molecule has 3 rings (SSSR count). The monoisotopic (exact) mass is 281 g/mol. The number of pyridine rings is 1. The first kappa shape index (κ1) is 14.3. The van der Waals surface area contributed by atoms with Crippen LogP contribution in [0.3, 0.4) is 0 Å². The van der Waals surface area contributed by atoms with E-state index in [0.717, 1.165) is 31.4 Å². The Balaban J connectivity index is 1.74. The molecule has 0 saturated heterocycles. The molecule has 1 aliphatic carbocycles. The Morgan fingerprint density at radius 2 is 1.90 bits per heavy atom. The van der Waals surface area contributed by atoms with Crippen molar-refractivity contribution in [1.82, 2.24) is 4.98 Å². The molecule has 0 aliphatic heterocycles. The van der Waals surface area contributed by atoms with Crippen LogP contribution in [-0.2, 0) is 6.42 Å². The molecule has 1 saturated carbocycles. The lowest BCUT2D eigenvalue weighted by Gasteiger charge is -2.33. The van der Waals surface area contributed by atoms with Gasteiger partial charge in [0.25, 0.3) is 0 Å². The van der Waals surface area contributed by atoms with Crippen LogP contribution >= 0.6 is 0 Å². The van der Waals surface area contributed by atoms with E-state index in [1.807, 2.05) is 12.3 Å². The van der Waals surface area contributed by atoms with Crippen LogP contribution in [0.15, 0.2) is 48.7 Å². The van der Waals surface area contributed by atoms with Gasteiger partial charge in [0.2, 0.25) is 0 Å². The Morgan fingerprint density at radius 3 is 2.67 bits per heavy atom. The van der Waals surface area contributed by atoms with Crippen molar-refractivity contribution in [2.24, 2.45) is 5.92 Å². The Morgan fingerprint density at radius 1 is 1.10 bits per heavy atom. The highest BCUT2D eigenvalue weighted by atomic mass is 16.3. The standard InChI is InChI=1S/C19H23NO/c1-14-6-5-11-20-18(14)13-17-12-16(9-10-19(17)21)15-7-3-2-4-8-15/h2-8,11,16-17,19,21H,9-10,12-13H2,1H3. The van der Waals surface area contributed by atoms with Crippen molar-refractivity contribution in [1.29, 1.82) is 0 Å². The number of benzene rings is 1. The molecule has 0 radical (unpaired) electrons. The van der Waals surface area contributed by atoms with Gasteiger partial charge in [0.15, 0.2) is 0 Å². The van der Waals surface area contributed by atoms with Gasteiger partial charge in [-0.2, -0.15) is 0 Å². The van der Waals surface area contributed by atoms with Gasteiger partial charge in [-0.1, -0.05) is 36.4 Å². The summed E-state index contributed by atoms with van der Waals surface area (Å²) >= 11 is 0. The van der Waals surface area contributed by atoms with E-state index < -0.39 is 0 Å². The number of aliphatic hydroxyl groups is 1. The number of hydrogen-bond acceptors (Lipinski definition) is 2. The summed E-state index contributed by atoms with van der Waals surface area (Å²) in [5.74, 6) is 0.890. The number of aromatic nitrogens is 1. The van der Waals surface area contributed by atoms with Gasteiger partial charge in [-0.3, -0.25) is 4.98 Å². The highest BCUT2D eigenvalue weighted by Crippen LogP contribution is 2.37. The molecular formula is C19H23NO. The fourth-order valence-electron chi connectivity index (χ4n) is 3.48. The fraction of sp³-hybridized carbons (Fsp3) is 0.421. The predicted molar refractivity (Wildman–Crippen MR) is 85.2 cm³/mol. The maximum Gasteiger partial charge on any atom is 0.0572 e. The second kappa shape index (κ2) is 6.40. The van der Waals surface area contributed by atoms with Crippen LogP contribution in [0.5, 0.6) is 0 Å². The van der Waals surface area contributed by atoms with Crippen molar-refractivity contribution < 1.29 is 5.11 Å². The van der Waals surface area contributed by atoms with Crippen molar-refractivity contribution in [2.75, 3.05) is 0 Å². The first-order valence-electron chi connectivity index (χ1n) is 7.87. The van der Waals surface area contributed by atoms with Crippen LogP contribution in [0, 0.1) is 12.8 Å². The second-order valence-corrected chi connectivity index (χ2v) is 6.22. The zero-order valence-corrected chi connectivity index (χ0v) is 12.6. The molecule has 1 aliphatic rings. The molecule has 2 aromatic rings. The van der Waals surface area contributed by atoms with Gasteiger partial charge >= 0.3 is 0 Å². The van der Waals surface area contributed by atoms with Gasteiger partial charge in [0.1, 0.15) is 0 Å². The van der Waals surface area contributed by atoms with Crippen molar-refractivity contribution in [3.05, 3.63) is 65.5 Å². The maximum atomic E-state index is 10.4. The Hall–Kier alpha value is -1.67. The van der Waals surface area contributed by atoms with E-state index in [2.05, 4.69) is 48.3 Å². The minimum Gasteiger partial charge on any atom is -0.393 e. The van der Waals surface area contributed by atoms with Gasteiger partial charge < -0.3 is 5.11 Å². The lowest BCUT2D eigenvalue weighted by molar-refractivity contribution is 0.0614. The number of aliphatic hydroxyl groups excluding tert-OH is 1. The summed E-state index contributed by atoms with van der Waals surface area (Å²) in [6.07, 6.45) is 5.59. The third-order valence-electron chi connectivity index (χ3n) is 4.79. The van der Waals surface area contributed by atoms with Crippen molar-refractivity contribution >= 4 is 0 Å². The Bertz CT molecular complexity index is 581. The number of hydrogen-bond donors (Lipinski definition) is 1. The molecule has 0 bridgehead atoms. The van der Waals surface area contributed by atoms with Crippen LogP contribution < -0.4 is 0 Å². The molecule has 1 aromatic carbocycles. The van der Waals surface area contributed by atoms with Gasteiger partial charge in [0, 0.05) is 11.9 Å². The number of rotatable bonds is 3. The van der Waals surface area contributed by atoms with Crippen molar-refractivity contribution in [3.8, 4) is 0 Å². The minimum atomic E-state index is -0.189. The third kappa shape index (κ3) is 3.33. The molecule has 2 heteroatoms. The van der Waals surface area contributed by atoms with E-state index in [0.29, 0.717) is 11.8 Å². The first-order chi connectivity index (χ1) is 10.2. The Kier molecular flexibility index (Phi) is 4.35. The smallest absolute Gasteiger partial charge is 0.0572 e. The molecule has 110 valence electrons. The van der Waals surface area contributed by atoms with Crippen molar-refractivity contribution in [2.45, 2.75) is 44.6 Å². The average molecular weight is 281 g/mol. The highest BCUT2D eigenvalue weighted by Gasteiger charge is 2.30. The average Bonchev–Trinajstić information content (AvgIpc) is 2.52. The Labute approximate surface area is 126 Å². The fourth-order valence-corrected chi connectivity index (χ4v) is 3.48. The summed E-state index contributed by atoms with van der Waals surface area (Å²) in [6.45, 7) is 2.10. The van der Waals surface area contributed by atoms with Crippen LogP contribution in [0.1, 0.15) is 42.0 Å². The lowest BCUT2D eigenvalue weighted by Crippen LogP contribution is -2.30. The summed E-state index contributed by atoms with van der Waals surface area (Å²) < 4.78 is 0. The van der Waals surface area contributed by atoms with Gasteiger partial charge in [-0.25, -0.2) is 0 Å². The molecule has 0 amide bonds. The van der Waals surface area contributed by atoms with E-state index in [1.165, 1.54) is 11.1 Å². The summed E-state index contributed by atoms with van der Waals surface area (Å²) in [5.41, 5.74) is 3.77. The second-order valence-electron chi connectivity index (χ2n) is 6.22. The summed E-state index contributed by atoms with van der Waals surface area (Å²) in [6, 6.07) is 14.8. The molecule has 0 spiro atoms. The van der Waals surface area contributed by atoms with Crippen LogP contribution in [0.4, 0.5) is 0 Å². The largest absolute Gasteiger partial charge is 0.393 e. The van der Waals surface area contributed by atoms with Gasteiger partial charge in [-0.15, -0.1) is 0 Å². The molecule has 3 unspecified atom stereocenters. The molecule has 1 N–H and O–H groups in total. The molecule has 2 nitrogen and oxygen atoms in total. The maximum absolute atomic E-state index is 10.4. The molecule has 1 fully saturated rings.